The molecule has 1 amide bonds. The summed E-state index contributed by atoms with van der Waals surface area (Å²) in [6.45, 7) is 9.76. The number of benzene rings is 2. The van der Waals surface area contributed by atoms with Gasteiger partial charge in [0.05, 0.1) is 11.0 Å². The zero-order valence-electron chi connectivity index (χ0n) is 17.7. The molecule has 0 aromatic heterocycles. The molecular formula is C22H30N2O4S. The molecule has 0 aliphatic rings. The predicted molar refractivity (Wildman–Crippen MR) is 115 cm³/mol. The van der Waals surface area contributed by atoms with E-state index in [0.717, 1.165) is 11.3 Å². The van der Waals surface area contributed by atoms with E-state index >= 15 is 0 Å². The van der Waals surface area contributed by atoms with Crippen molar-refractivity contribution < 1.29 is 17.9 Å². The van der Waals surface area contributed by atoms with E-state index in [4.69, 9.17) is 4.74 Å². The van der Waals surface area contributed by atoms with Crippen molar-refractivity contribution >= 4 is 15.9 Å². The van der Waals surface area contributed by atoms with Gasteiger partial charge in [0.25, 0.3) is 5.91 Å². The Hall–Kier alpha value is -2.38. The van der Waals surface area contributed by atoms with Crippen molar-refractivity contribution in [3.8, 4) is 5.75 Å². The summed E-state index contributed by atoms with van der Waals surface area (Å²) in [4.78, 5) is 12.4. The number of sulfonamides is 1. The monoisotopic (exact) mass is 418 g/mol. The second kappa shape index (κ2) is 9.41. The van der Waals surface area contributed by atoms with Gasteiger partial charge in [-0.1, -0.05) is 12.1 Å². The molecule has 2 aromatic rings. The van der Waals surface area contributed by atoms with Gasteiger partial charge in [-0.2, -0.15) is 0 Å². The van der Waals surface area contributed by atoms with Gasteiger partial charge < -0.3 is 10.1 Å². The Balaban J connectivity index is 1.89. The van der Waals surface area contributed by atoms with Gasteiger partial charge in [0, 0.05) is 17.6 Å². The molecule has 29 heavy (non-hydrogen) atoms. The number of hydrogen-bond donors (Lipinski definition) is 2. The Bertz CT molecular complexity index is 913. The molecule has 0 heterocycles. The molecule has 0 spiro atoms. The summed E-state index contributed by atoms with van der Waals surface area (Å²) in [5.74, 6) is 0.585. The minimum absolute atomic E-state index is 0.130. The van der Waals surface area contributed by atoms with Crippen LogP contribution >= 0.6 is 0 Å². The highest BCUT2D eigenvalue weighted by atomic mass is 32.2. The van der Waals surface area contributed by atoms with Crippen LogP contribution < -0.4 is 14.8 Å². The van der Waals surface area contributed by atoms with Crippen molar-refractivity contribution in [3.63, 3.8) is 0 Å². The second-order valence-corrected chi connectivity index (χ2v) is 9.88. The van der Waals surface area contributed by atoms with Gasteiger partial charge in [0.15, 0.2) is 0 Å². The van der Waals surface area contributed by atoms with Crippen molar-refractivity contribution in [2.45, 2.75) is 57.6 Å². The zero-order valence-corrected chi connectivity index (χ0v) is 18.5. The minimum atomic E-state index is -3.62. The lowest BCUT2D eigenvalue weighted by Crippen LogP contribution is -2.40. The van der Waals surface area contributed by atoms with Gasteiger partial charge in [-0.25, -0.2) is 13.1 Å². The number of hydrogen-bond acceptors (Lipinski definition) is 4. The topological polar surface area (TPSA) is 84.5 Å². The summed E-state index contributed by atoms with van der Waals surface area (Å²) >= 11 is 0. The minimum Gasteiger partial charge on any atom is -0.491 e. The van der Waals surface area contributed by atoms with Crippen LogP contribution in [0.25, 0.3) is 0 Å². The number of carbonyl (C=O) groups excluding carboxylic acids is 1. The second-order valence-electron chi connectivity index (χ2n) is 8.20. The molecule has 0 fully saturated rings. The molecule has 2 N–H and O–H groups in total. The van der Waals surface area contributed by atoms with E-state index in [1.54, 1.807) is 20.8 Å². The fraction of sp³-hybridized carbons (Fsp3) is 0.409. The third kappa shape index (κ3) is 7.51. The Labute approximate surface area is 173 Å². The molecule has 158 valence electrons. The summed E-state index contributed by atoms with van der Waals surface area (Å²) in [5.41, 5.74) is 0.935. The highest BCUT2D eigenvalue weighted by Gasteiger charge is 2.22. The van der Waals surface area contributed by atoms with Crippen LogP contribution in [0, 0.1) is 0 Å². The van der Waals surface area contributed by atoms with Crippen LogP contribution in [0.4, 0.5) is 0 Å². The molecule has 6 nitrogen and oxygen atoms in total. The first-order valence-corrected chi connectivity index (χ1v) is 11.1. The lowest BCUT2D eigenvalue weighted by atomic mass is 10.1. The van der Waals surface area contributed by atoms with E-state index in [2.05, 4.69) is 10.0 Å². The lowest BCUT2D eigenvalue weighted by molar-refractivity contribution is 0.0954. The van der Waals surface area contributed by atoms with Crippen LogP contribution in [0.2, 0.25) is 0 Å². The molecule has 0 aliphatic carbocycles. The maximum absolute atomic E-state index is 12.3. The van der Waals surface area contributed by atoms with Gasteiger partial charge >= 0.3 is 0 Å². The van der Waals surface area contributed by atoms with Crippen molar-refractivity contribution in [2.24, 2.45) is 0 Å². The molecule has 0 radical (unpaired) electrons. The van der Waals surface area contributed by atoms with Gasteiger partial charge in [-0.15, -0.1) is 0 Å². The van der Waals surface area contributed by atoms with E-state index in [1.807, 2.05) is 38.1 Å². The first-order valence-electron chi connectivity index (χ1n) is 9.64. The Morgan fingerprint density at radius 1 is 1.00 bits per heavy atom. The standard InChI is InChI=1S/C22H30N2O4S/c1-16(2)28-19-10-6-17(7-11-19)14-15-23-21(25)18-8-12-20(13-9-18)29(26,27)24-22(3,4)5/h6-13,16,24H,14-15H2,1-5H3,(H,23,25). The van der Waals surface area contributed by atoms with Crippen molar-refractivity contribution in [1.82, 2.24) is 10.0 Å². The quantitative estimate of drug-likeness (QED) is 0.687. The highest BCUT2D eigenvalue weighted by Crippen LogP contribution is 2.15. The molecule has 0 saturated carbocycles. The third-order valence-electron chi connectivity index (χ3n) is 3.86. The molecule has 0 aliphatic heterocycles. The summed E-state index contributed by atoms with van der Waals surface area (Å²) < 4.78 is 32.8. The van der Waals surface area contributed by atoms with Crippen molar-refractivity contribution in [2.75, 3.05) is 6.54 Å². The predicted octanol–water partition coefficient (Wildman–Crippen LogP) is 3.52. The SMILES string of the molecule is CC(C)Oc1ccc(CCNC(=O)c2ccc(S(=O)(=O)NC(C)(C)C)cc2)cc1. The van der Waals surface area contributed by atoms with E-state index in [1.165, 1.54) is 24.3 Å². The number of carbonyl (C=O) groups is 1. The Kier molecular flexibility index (Phi) is 7.43. The average molecular weight is 419 g/mol. The van der Waals surface area contributed by atoms with Crippen LogP contribution in [0.1, 0.15) is 50.5 Å². The van der Waals surface area contributed by atoms with Crippen LogP contribution in [0.3, 0.4) is 0 Å². The molecule has 0 bridgehead atoms. The maximum atomic E-state index is 12.3. The Morgan fingerprint density at radius 2 is 1.59 bits per heavy atom. The molecule has 2 aromatic carbocycles. The fourth-order valence-corrected chi connectivity index (χ4v) is 4.10. The van der Waals surface area contributed by atoms with E-state index in [0.29, 0.717) is 18.5 Å². The zero-order chi connectivity index (χ0) is 21.7. The summed E-state index contributed by atoms with van der Waals surface area (Å²) in [5, 5.41) is 2.86. The first-order chi connectivity index (χ1) is 13.5. The maximum Gasteiger partial charge on any atom is 0.251 e. The van der Waals surface area contributed by atoms with Gasteiger partial charge in [0.2, 0.25) is 10.0 Å². The summed E-state index contributed by atoms with van der Waals surface area (Å²) in [6.07, 6.45) is 0.820. The first kappa shape index (κ1) is 22.9. The molecular weight excluding hydrogens is 388 g/mol. The molecule has 0 unspecified atom stereocenters. The van der Waals surface area contributed by atoms with Crippen molar-refractivity contribution in [1.29, 1.82) is 0 Å². The van der Waals surface area contributed by atoms with Crippen LogP contribution in [-0.4, -0.2) is 32.5 Å². The van der Waals surface area contributed by atoms with E-state index in [9.17, 15) is 13.2 Å². The number of amides is 1. The number of ether oxygens (including phenoxy) is 1. The highest BCUT2D eigenvalue weighted by molar-refractivity contribution is 7.89. The number of rotatable bonds is 8. The van der Waals surface area contributed by atoms with Crippen LogP contribution in [0.15, 0.2) is 53.4 Å². The lowest BCUT2D eigenvalue weighted by Gasteiger charge is -2.20. The Morgan fingerprint density at radius 3 is 2.10 bits per heavy atom. The van der Waals surface area contributed by atoms with E-state index < -0.39 is 15.6 Å². The fourth-order valence-electron chi connectivity index (χ4n) is 2.68. The normalized spacial score (nSPS) is 12.1. The number of nitrogens with one attached hydrogen (secondary N) is 2. The van der Waals surface area contributed by atoms with Crippen LogP contribution in [-0.2, 0) is 16.4 Å². The van der Waals surface area contributed by atoms with Gasteiger partial charge in [-0.3, -0.25) is 4.79 Å². The van der Waals surface area contributed by atoms with Crippen LogP contribution in [0.5, 0.6) is 5.75 Å². The molecule has 7 heteroatoms. The summed E-state index contributed by atoms with van der Waals surface area (Å²) in [6, 6.07) is 13.7. The molecule has 0 saturated heterocycles. The van der Waals surface area contributed by atoms with Gasteiger partial charge in [0.1, 0.15) is 5.75 Å². The largest absolute Gasteiger partial charge is 0.491 e. The smallest absolute Gasteiger partial charge is 0.251 e. The molecule has 0 atom stereocenters. The average Bonchev–Trinajstić information content (AvgIpc) is 2.61. The van der Waals surface area contributed by atoms with Gasteiger partial charge in [-0.05, 0) is 83.0 Å². The van der Waals surface area contributed by atoms with E-state index in [-0.39, 0.29) is 16.9 Å². The third-order valence-corrected chi connectivity index (χ3v) is 5.64. The summed E-state index contributed by atoms with van der Waals surface area (Å²) in [7, 11) is -3.62. The molecule has 2 rings (SSSR count). The van der Waals surface area contributed by atoms with Crippen molar-refractivity contribution in [3.05, 3.63) is 59.7 Å².